The molecule has 0 bridgehead atoms. The van der Waals surface area contributed by atoms with Gasteiger partial charge in [0.1, 0.15) is 6.61 Å². The van der Waals surface area contributed by atoms with Crippen molar-refractivity contribution in [2.75, 3.05) is 11.5 Å². The predicted molar refractivity (Wildman–Crippen MR) is 111 cm³/mol. The van der Waals surface area contributed by atoms with E-state index in [1.165, 1.54) is 5.56 Å². The van der Waals surface area contributed by atoms with Crippen LogP contribution in [0.25, 0.3) is 11.1 Å². The molecule has 0 atom stereocenters. The fourth-order valence-corrected chi connectivity index (χ4v) is 2.80. The molecule has 0 N–H and O–H groups in total. The summed E-state index contributed by atoms with van der Waals surface area (Å²) in [5.41, 5.74) is 6.12. The first-order valence-electron chi connectivity index (χ1n) is 8.90. The molecular formula is C24H23NO2. The van der Waals surface area contributed by atoms with Crippen LogP contribution in [-0.4, -0.2) is 12.7 Å². The highest BCUT2D eigenvalue weighted by molar-refractivity contribution is 5.96. The van der Waals surface area contributed by atoms with Gasteiger partial charge in [0.25, 0.3) is 0 Å². The van der Waals surface area contributed by atoms with Crippen LogP contribution in [0, 0.1) is 13.8 Å². The van der Waals surface area contributed by atoms with Gasteiger partial charge >= 0.3 is 6.09 Å². The summed E-state index contributed by atoms with van der Waals surface area (Å²) >= 11 is 0. The van der Waals surface area contributed by atoms with Crippen LogP contribution >= 0.6 is 0 Å². The van der Waals surface area contributed by atoms with Crippen LogP contribution in [0.5, 0.6) is 0 Å². The van der Waals surface area contributed by atoms with Crippen molar-refractivity contribution in [3.05, 3.63) is 96.6 Å². The molecule has 0 spiro atoms. The molecule has 3 heteroatoms. The number of ether oxygens (including phenoxy) is 1. The van der Waals surface area contributed by atoms with Crippen molar-refractivity contribution in [1.82, 2.24) is 0 Å². The first-order chi connectivity index (χ1) is 13.1. The fraction of sp³-hybridized carbons (Fsp3) is 0.125. The Morgan fingerprint density at radius 2 is 1.22 bits per heavy atom. The molecule has 0 radical (unpaired) electrons. The Labute approximate surface area is 160 Å². The van der Waals surface area contributed by atoms with Gasteiger partial charge < -0.3 is 4.74 Å². The molecule has 3 rings (SSSR count). The highest BCUT2D eigenvalue weighted by atomic mass is 16.6. The van der Waals surface area contributed by atoms with Crippen LogP contribution in [-0.2, 0) is 4.74 Å². The fourth-order valence-electron chi connectivity index (χ4n) is 2.80. The summed E-state index contributed by atoms with van der Waals surface area (Å²) in [5, 5.41) is 0. The van der Waals surface area contributed by atoms with Gasteiger partial charge in [0, 0.05) is 0 Å². The predicted octanol–water partition coefficient (Wildman–Crippen LogP) is 6.43. The topological polar surface area (TPSA) is 29.5 Å². The highest BCUT2D eigenvalue weighted by Gasteiger charge is 2.19. The SMILES string of the molecule is C=CCOC(=O)N(c1ccc(C)cc1)c1ccc(-c2ccc(C)cc2)cc1. The standard InChI is InChI=1S/C24H23NO2/c1-4-17-27-24(26)25(22-13-7-19(3)8-14-22)23-15-11-21(12-16-23)20-9-5-18(2)6-10-20/h4-16H,1,17H2,2-3H3. The van der Waals surface area contributed by atoms with Crippen molar-refractivity contribution >= 4 is 17.5 Å². The zero-order valence-corrected chi connectivity index (χ0v) is 15.7. The summed E-state index contributed by atoms with van der Waals surface area (Å²) in [7, 11) is 0. The lowest BCUT2D eigenvalue weighted by molar-refractivity contribution is 0.169. The second kappa shape index (κ2) is 8.37. The van der Waals surface area contributed by atoms with Crippen LogP contribution in [0.15, 0.2) is 85.5 Å². The van der Waals surface area contributed by atoms with Crippen LogP contribution in [0.1, 0.15) is 11.1 Å². The van der Waals surface area contributed by atoms with Crippen molar-refractivity contribution in [3.8, 4) is 11.1 Å². The molecule has 0 unspecified atom stereocenters. The van der Waals surface area contributed by atoms with Crippen LogP contribution in [0.4, 0.5) is 16.2 Å². The van der Waals surface area contributed by atoms with E-state index in [-0.39, 0.29) is 6.61 Å². The Morgan fingerprint density at radius 3 is 1.70 bits per heavy atom. The Morgan fingerprint density at radius 1 is 0.815 bits per heavy atom. The van der Waals surface area contributed by atoms with Gasteiger partial charge in [-0.05, 0) is 49.2 Å². The lowest BCUT2D eigenvalue weighted by Gasteiger charge is -2.22. The normalized spacial score (nSPS) is 10.3. The van der Waals surface area contributed by atoms with E-state index >= 15 is 0 Å². The molecule has 136 valence electrons. The molecule has 0 saturated heterocycles. The third-order valence-electron chi connectivity index (χ3n) is 4.31. The molecular weight excluding hydrogens is 334 g/mol. The smallest absolute Gasteiger partial charge is 0.419 e. The molecule has 0 heterocycles. The number of benzene rings is 3. The third kappa shape index (κ3) is 4.45. The summed E-state index contributed by atoms with van der Waals surface area (Å²) in [5.74, 6) is 0. The summed E-state index contributed by atoms with van der Waals surface area (Å²) in [6.07, 6.45) is 1.13. The Bertz CT molecular complexity index is 910. The van der Waals surface area contributed by atoms with Gasteiger partial charge in [0.2, 0.25) is 0 Å². The molecule has 3 aromatic carbocycles. The molecule has 0 saturated carbocycles. The van der Waals surface area contributed by atoms with E-state index in [2.05, 4.69) is 37.8 Å². The van der Waals surface area contributed by atoms with E-state index in [1.807, 2.05) is 55.5 Å². The number of hydrogen-bond donors (Lipinski definition) is 0. The number of carbonyl (C=O) groups is 1. The van der Waals surface area contributed by atoms with Crippen LogP contribution < -0.4 is 4.90 Å². The summed E-state index contributed by atoms with van der Waals surface area (Å²) in [6.45, 7) is 7.86. The lowest BCUT2D eigenvalue weighted by atomic mass is 10.0. The largest absolute Gasteiger partial charge is 0.445 e. The first-order valence-corrected chi connectivity index (χ1v) is 8.90. The van der Waals surface area contributed by atoms with Crippen LogP contribution in [0.2, 0.25) is 0 Å². The first kappa shape index (κ1) is 18.5. The van der Waals surface area contributed by atoms with Gasteiger partial charge in [-0.3, -0.25) is 0 Å². The third-order valence-corrected chi connectivity index (χ3v) is 4.31. The van der Waals surface area contributed by atoms with E-state index < -0.39 is 6.09 Å². The zero-order chi connectivity index (χ0) is 19.2. The van der Waals surface area contributed by atoms with Crippen molar-refractivity contribution in [2.45, 2.75) is 13.8 Å². The van der Waals surface area contributed by atoms with Crippen molar-refractivity contribution < 1.29 is 9.53 Å². The van der Waals surface area contributed by atoms with Crippen molar-refractivity contribution in [2.24, 2.45) is 0 Å². The van der Waals surface area contributed by atoms with E-state index in [0.29, 0.717) is 0 Å². The minimum Gasteiger partial charge on any atom is -0.445 e. The lowest BCUT2D eigenvalue weighted by Crippen LogP contribution is -2.26. The molecule has 0 aromatic heterocycles. The van der Waals surface area contributed by atoms with Gasteiger partial charge in [-0.2, -0.15) is 0 Å². The molecule has 0 fully saturated rings. The van der Waals surface area contributed by atoms with Gasteiger partial charge in [0.05, 0.1) is 11.4 Å². The molecule has 27 heavy (non-hydrogen) atoms. The van der Waals surface area contributed by atoms with Gasteiger partial charge in [-0.1, -0.05) is 72.3 Å². The minimum absolute atomic E-state index is 0.169. The van der Waals surface area contributed by atoms with Crippen molar-refractivity contribution in [1.29, 1.82) is 0 Å². The number of anilines is 2. The number of hydrogen-bond acceptors (Lipinski definition) is 2. The maximum atomic E-state index is 12.6. The second-order valence-electron chi connectivity index (χ2n) is 6.45. The average Bonchev–Trinajstić information content (AvgIpc) is 2.69. The highest BCUT2D eigenvalue weighted by Crippen LogP contribution is 2.29. The second-order valence-corrected chi connectivity index (χ2v) is 6.45. The molecule has 3 nitrogen and oxygen atoms in total. The number of aryl methyl sites for hydroxylation is 2. The number of carbonyl (C=O) groups excluding carboxylic acids is 1. The Kier molecular flexibility index (Phi) is 5.72. The number of rotatable bonds is 5. The van der Waals surface area contributed by atoms with E-state index in [9.17, 15) is 4.79 Å². The van der Waals surface area contributed by atoms with E-state index in [0.717, 1.165) is 28.1 Å². The number of nitrogens with zero attached hydrogens (tertiary/aromatic N) is 1. The van der Waals surface area contributed by atoms with Gasteiger partial charge in [0.15, 0.2) is 0 Å². The summed E-state index contributed by atoms with van der Waals surface area (Å²) < 4.78 is 5.29. The maximum Gasteiger partial charge on any atom is 0.419 e. The molecule has 0 aliphatic heterocycles. The Hall–Kier alpha value is -3.33. The quantitative estimate of drug-likeness (QED) is 0.492. The monoisotopic (exact) mass is 357 g/mol. The molecule has 0 aliphatic rings. The molecule has 1 amide bonds. The zero-order valence-electron chi connectivity index (χ0n) is 15.7. The summed E-state index contributed by atoms with van der Waals surface area (Å²) in [4.78, 5) is 14.2. The summed E-state index contributed by atoms with van der Waals surface area (Å²) in [6, 6.07) is 24.1. The maximum absolute atomic E-state index is 12.6. The minimum atomic E-state index is -0.429. The molecule has 0 aliphatic carbocycles. The van der Waals surface area contributed by atoms with Crippen LogP contribution in [0.3, 0.4) is 0 Å². The van der Waals surface area contributed by atoms with Gasteiger partial charge in [-0.15, -0.1) is 0 Å². The van der Waals surface area contributed by atoms with Gasteiger partial charge in [-0.25, -0.2) is 9.69 Å². The molecule has 3 aromatic rings. The average molecular weight is 357 g/mol. The van der Waals surface area contributed by atoms with E-state index in [4.69, 9.17) is 4.74 Å². The van der Waals surface area contributed by atoms with E-state index in [1.54, 1.807) is 11.0 Å². The Balaban J connectivity index is 1.93. The van der Waals surface area contributed by atoms with Crippen molar-refractivity contribution in [3.63, 3.8) is 0 Å². The number of amides is 1.